The summed E-state index contributed by atoms with van der Waals surface area (Å²) in [6.07, 6.45) is -0.572. The van der Waals surface area contributed by atoms with Crippen LogP contribution in [0.25, 0.3) is 0 Å². The van der Waals surface area contributed by atoms with Gasteiger partial charge in [-0.05, 0) is 30.5 Å². The molecule has 1 aromatic heterocycles. The highest BCUT2D eigenvalue weighted by molar-refractivity contribution is 7.10. The molecule has 5 heteroatoms. The Kier molecular flexibility index (Phi) is 6.04. The van der Waals surface area contributed by atoms with Gasteiger partial charge in [0.2, 0.25) is 0 Å². The summed E-state index contributed by atoms with van der Waals surface area (Å²) in [7, 11) is 1.60. The average Bonchev–Trinajstić information content (AvgIpc) is 3.05. The van der Waals surface area contributed by atoms with Gasteiger partial charge in [-0.3, -0.25) is 0 Å². The molecule has 114 valence electrons. The highest BCUT2D eigenvalue weighted by atomic mass is 32.1. The number of thiophene rings is 1. The van der Waals surface area contributed by atoms with Crippen LogP contribution < -0.4 is 14.8 Å². The molecule has 1 aromatic carbocycles. The lowest BCUT2D eigenvalue weighted by molar-refractivity contribution is 0.102. The van der Waals surface area contributed by atoms with E-state index >= 15 is 0 Å². The van der Waals surface area contributed by atoms with Gasteiger partial charge in [0.25, 0.3) is 0 Å². The molecule has 0 aliphatic carbocycles. The predicted octanol–water partition coefficient (Wildman–Crippen LogP) is 2.85. The van der Waals surface area contributed by atoms with E-state index in [2.05, 4.69) is 23.7 Å². The lowest BCUT2D eigenvalue weighted by Gasteiger charge is -2.17. The van der Waals surface area contributed by atoms with Gasteiger partial charge in [-0.1, -0.05) is 18.2 Å². The van der Waals surface area contributed by atoms with E-state index in [0.717, 1.165) is 0 Å². The Morgan fingerprint density at radius 1 is 1.19 bits per heavy atom. The van der Waals surface area contributed by atoms with Gasteiger partial charge in [-0.2, -0.15) is 0 Å². The Bertz CT molecular complexity index is 530. The topological polar surface area (TPSA) is 50.7 Å². The maximum atomic E-state index is 10.00. The SMILES string of the molecule is COc1ccccc1OCC(O)CN[C@@H](C)c1cccs1. The minimum Gasteiger partial charge on any atom is -0.493 e. The Hall–Kier alpha value is -1.56. The van der Waals surface area contributed by atoms with Gasteiger partial charge in [0, 0.05) is 17.5 Å². The van der Waals surface area contributed by atoms with E-state index in [4.69, 9.17) is 9.47 Å². The number of methoxy groups -OCH3 is 1. The number of ether oxygens (including phenoxy) is 2. The Balaban J connectivity index is 1.76. The largest absolute Gasteiger partial charge is 0.493 e. The first-order chi connectivity index (χ1) is 10.2. The third kappa shape index (κ3) is 4.74. The average molecular weight is 307 g/mol. The summed E-state index contributed by atoms with van der Waals surface area (Å²) in [5.41, 5.74) is 0. The van der Waals surface area contributed by atoms with Gasteiger partial charge in [0.05, 0.1) is 7.11 Å². The first kappa shape index (κ1) is 15.8. The maximum Gasteiger partial charge on any atom is 0.161 e. The zero-order valence-electron chi connectivity index (χ0n) is 12.3. The molecule has 0 spiro atoms. The molecule has 0 fully saturated rings. The molecule has 2 N–H and O–H groups in total. The molecule has 4 nitrogen and oxygen atoms in total. The van der Waals surface area contributed by atoms with Crippen molar-refractivity contribution in [3.8, 4) is 11.5 Å². The minimum absolute atomic E-state index is 0.227. The van der Waals surface area contributed by atoms with Gasteiger partial charge in [0.15, 0.2) is 11.5 Å². The van der Waals surface area contributed by atoms with Gasteiger partial charge in [-0.15, -0.1) is 11.3 Å². The zero-order chi connectivity index (χ0) is 15.1. The molecule has 0 aliphatic rings. The number of aliphatic hydroxyl groups is 1. The van der Waals surface area contributed by atoms with Crippen LogP contribution in [0.4, 0.5) is 0 Å². The fourth-order valence-corrected chi connectivity index (χ4v) is 2.69. The van der Waals surface area contributed by atoms with Crippen molar-refractivity contribution in [2.75, 3.05) is 20.3 Å². The molecule has 0 saturated carbocycles. The molecule has 0 bridgehead atoms. The van der Waals surface area contributed by atoms with Crippen molar-refractivity contribution in [3.63, 3.8) is 0 Å². The normalized spacial score (nSPS) is 13.7. The van der Waals surface area contributed by atoms with Crippen molar-refractivity contribution >= 4 is 11.3 Å². The van der Waals surface area contributed by atoms with Gasteiger partial charge in [0.1, 0.15) is 12.7 Å². The van der Waals surface area contributed by atoms with Crippen LogP contribution in [0.2, 0.25) is 0 Å². The quantitative estimate of drug-likeness (QED) is 0.787. The van der Waals surface area contributed by atoms with Gasteiger partial charge < -0.3 is 19.9 Å². The Morgan fingerprint density at radius 2 is 1.95 bits per heavy atom. The first-order valence-electron chi connectivity index (χ1n) is 6.91. The second-order valence-electron chi connectivity index (χ2n) is 4.76. The van der Waals surface area contributed by atoms with E-state index in [-0.39, 0.29) is 12.6 Å². The summed E-state index contributed by atoms with van der Waals surface area (Å²) in [5, 5.41) is 15.3. The van der Waals surface area contributed by atoms with Crippen molar-refractivity contribution in [1.29, 1.82) is 0 Å². The summed E-state index contributed by atoms with van der Waals surface area (Å²) >= 11 is 1.71. The van der Waals surface area contributed by atoms with Gasteiger partial charge in [-0.25, -0.2) is 0 Å². The lowest BCUT2D eigenvalue weighted by atomic mass is 10.2. The van der Waals surface area contributed by atoms with Crippen molar-refractivity contribution in [3.05, 3.63) is 46.7 Å². The highest BCUT2D eigenvalue weighted by Crippen LogP contribution is 2.25. The summed E-state index contributed by atoms with van der Waals surface area (Å²) in [6.45, 7) is 2.79. The van der Waals surface area contributed by atoms with Crippen LogP contribution in [0.1, 0.15) is 17.8 Å². The van der Waals surface area contributed by atoms with Crippen LogP contribution in [-0.4, -0.2) is 31.5 Å². The Labute approximate surface area is 129 Å². The third-order valence-electron chi connectivity index (χ3n) is 3.13. The van der Waals surface area contributed by atoms with Crippen LogP contribution in [0.15, 0.2) is 41.8 Å². The Morgan fingerprint density at radius 3 is 2.62 bits per heavy atom. The molecule has 0 saturated heterocycles. The van der Waals surface area contributed by atoms with Gasteiger partial charge >= 0.3 is 0 Å². The number of nitrogens with one attached hydrogen (secondary N) is 1. The second-order valence-corrected chi connectivity index (χ2v) is 5.74. The molecule has 2 atom stereocenters. The van der Waals surface area contributed by atoms with E-state index < -0.39 is 6.10 Å². The van der Waals surface area contributed by atoms with Crippen LogP contribution in [-0.2, 0) is 0 Å². The molecule has 2 aromatic rings. The standard InChI is InChI=1S/C16H21NO3S/c1-12(16-8-5-9-21-16)17-10-13(18)11-20-15-7-4-3-6-14(15)19-2/h3-9,12-13,17-18H,10-11H2,1-2H3/t12-,13?/m0/s1. The van der Waals surface area contributed by atoms with Crippen molar-refractivity contribution < 1.29 is 14.6 Å². The predicted molar refractivity (Wildman–Crippen MR) is 85.2 cm³/mol. The molecule has 2 rings (SSSR count). The summed E-state index contributed by atoms with van der Waals surface area (Å²) in [6, 6.07) is 11.8. The van der Waals surface area contributed by atoms with Crippen LogP contribution in [0, 0.1) is 0 Å². The summed E-state index contributed by atoms with van der Waals surface area (Å²) < 4.78 is 10.8. The van der Waals surface area contributed by atoms with Crippen molar-refractivity contribution in [1.82, 2.24) is 5.32 Å². The molecule has 0 radical (unpaired) electrons. The molecule has 21 heavy (non-hydrogen) atoms. The summed E-state index contributed by atoms with van der Waals surface area (Å²) in [4.78, 5) is 1.26. The van der Waals surface area contributed by atoms with Crippen LogP contribution in [0.5, 0.6) is 11.5 Å². The van der Waals surface area contributed by atoms with Crippen LogP contribution >= 0.6 is 11.3 Å². The van der Waals surface area contributed by atoms with E-state index in [0.29, 0.717) is 18.0 Å². The molecule has 0 amide bonds. The summed E-state index contributed by atoms with van der Waals surface area (Å²) in [5.74, 6) is 1.31. The number of benzene rings is 1. The van der Waals surface area contributed by atoms with E-state index in [1.165, 1.54) is 4.88 Å². The molecule has 1 unspecified atom stereocenters. The monoisotopic (exact) mass is 307 g/mol. The molecular weight excluding hydrogens is 286 g/mol. The molecule has 1 heterocycles. The highest BCUT2D eigenvalue weighted by Gasteiger charge is 2.11. The number of para-hydroxylation sites is 2. The lowest BCUT2D eigenvalue weighted by Crippen LogP contribution is -2.32. The molecule has 0 aliphatic heterocycles. The second kappa shape index (κ2) is 8.02. The molecular formula is C16H21NO3S. The van der Waals surface area contributed by atoms with Crippen molar-refractivity contribution in [2.24, 2.45) is 0 Å². The minimum atomic E-state index is -0.572. The fourth-order valence-electron chi connectivity index (χ4n) is 1.93. The maximum absolute atomic E-state index is 10.00. The fraction of sp³-hybridized carbons (Fsp3) is 0.375. The smallest absolute Gasteiger partial charge is 0.161 e. The van der Waals surface area contributed by atoms with Crippen LogP contribution in [0.3, 0.4) is 0 Å². The van der Waals surface area contributed by atoms with E-state index in [9.17, 15) is 5.11 Å². The number of hydrogen-bond acceptors (Lipinski definition) is 5. The van der Waals surface area contributed by atoms with E-state index in [1.54, 1.807) is 18.4 Å². The number of rotatable bonds is 8. The zero-order valence-corrected chi connectivity index (χ0v) is 13.1. The number of hydrogen-bond donors (Lipinski definition) is 2. The first-order valence-corrected chi connectivity index (χ1v) is 7.79. The van der Waals surface area contributed by atoms with Crippen molar-refractivity contribution in [2.45, 2.75) is 19.1 Å². The third-order valence-corrected chi connectivity index (χ3v) is 4.18. The van der Waals surface area contributed by atoms with E-state index in [1.807, 2.05) is 30.3 Å². The number of aliphatic hydroxyl groups excluding tert-OH is 1.